The first kappa shape index (κ1) is 13.5. The van der Waals surface area contributed by atoms with Crippen LogP contribution in [0.1, 0.15) is 32.1 Å². The second kappa shape index (κ2) is 6.88. The van der Waals surface area contributed by atoms with Gasteiger partial charge in [-0.05, 0) is 18.8 Å². The number of nitrogens with two attached hydrogens (primary N) is 1. The van der Waals surface area contributed by atoms with Crippen molar-refractivity contribution < 1.29 is 4.79 Å². The van der Waals surface area contributed by atoms with E-state index in [0.29, 0.717) is 38.3 Å². The zero-order valence-corrected chi connectivity index (χ0v) is 9.93. The summed E-state index contributed by atoms with van der Waals surface area (Å²) in [7, 11) is 0. The average molecular weight is 234 g/mol. The predicted octanol–water partition coefficient (Wildman–Crippen LogP) is 0.770. The lowest BCUT2D eigenvalue weighted by molar-refractivity contribution is -0.131. The molecule has 1 amide bonds. The fourth-order valence-electron chi connectivity index (χ4n) is 1.75. The quantitative estimate of drug-likeness (QED) is 0.704. The van der Waals surface area contributed by atoms with Gasteiger partial charge in [-0.2, -0.15) is 10.5 Å². The maximum atomic E-state index is 11.9. The molecule has 0 aromatic rings. The number of carbonyl (C=O) groups excluding carboxylic acids is 1. The highest BCUT2D eigenvalue weighted by Crippen LogP contribution is 2.32. The van der Waals surface area contributed by atoms with E-state index in [1.165, 1.54) is 0 Å². The normalized spacial score (nSPS) is 15.7. The number of nitriles is 2. The molecule has 0 bridgehead atoms. The molecule has 0 aromatic heterocycles. The van der Waals surface area contributed by atoms with E-state index >= 15 is 0 Å². The molecule has 1 rings (SSSR count). The summed E-state index contributed by atoms with van der Waals surface area (Å²) in [6.45, 7) is 0.794. The van der Waals surface area contributed by atoms with E-state index in [2.05, 4.69) is 0 Å². The van der Waals surface area contributed by atoms with E-state index in [0.717, 1.165) is 12.8 Å². The van der Waals surface area contributed by atoms with Crippen LogP contribution in [0.2, 0.25) is 0 Å². The fraction of sp³-hybridized carbons (Fsp3) is 0.750. The highest BCUT2D eigenvalue weighted by Gasteiger charge is 2.30. The van der Waals surface area contributed by atoms with Gasteiger partial charge in [0.15, 0.2) is 0 Å². The summed E-state index contributed by atoms with van der Waals surface area (Å²) in [6.07, 6.45) is 3.17. The van der Waals surface area contributed by atoms with Crippen molar-refractivity contribution in [1.29, 1.82) is 10.5 Å². The second-order valence-electron chi connectivity index (χ2n) is 4.40. The Morgan fingerprint density at radius 1 is 1.29 bits per heavy atom. The largest absolute Gasteiger partial charge is 0.341 e. The molecule has 0 radical (unpaired) electrons. The zero-order valence-electron chi connectivity index (χ0n) is 9.93. The molecule has 5 heteroatoms. The lowest BCUT2D eigenvalue weighted by atomic mass is 10.1. The van der Waals surface area contributed by atoms with Gasteiger partial charge in [-0.1, -0.05) is 0 Å². The minimum absolute atomic E-state index is 0.0325. The maximum Gasteiger partial charge on any atom is 0.224 e. The highest BCUT2D eigenvalue weighted by atomic mass is 16.2. The molecule has 1 aliphatic rings. The van der Waals surface area contributed by atoms with Crippen LogP contribution in [-0.2, 0) is 4.79 Å². The molecule has 1 saturated carbocycles. The number of nitrogens with zero attached hydrogens (tertiary/aromatic N) is 3. The Morgan fingerprint density at radius 3 is 2.24 bits per heavy atom. The van der Waals surface area contributed by atoms with Gasteiger partial charge in [-0.3, -0.25) is 4.79 Å². The van der Waals surface area contributed by atoms with Gasteiger partial charge < -0.3 is 10.6 Å². The number of amides is 1. The number of rotatable bonds is 7. The molecule has 0 aliphatic heterocycles. The van der Waals surface area contributed by atoms with Crippen molar-refractivity contribution in [2.45, 2.75) is 38.1 Å². The summed E-state index contributed by atoms with van der Waals surface area (Å²) >= 11 is 0. The van der Waals surface area contributed by atoms with E-state index < -0.39 is 0 Å². The van der Waals surface area contributed by atoms with Crippen LogP contribution in [0.3, 0.4) is 0 Å². The van der Waals surface area contributed by atoms with Crippen LogP contribution in [0.15, 0.2) is 0 Å². The second-order valence-corrected chi connectivity index (χ2v) is 4.40. The molecule has 0 heterocycles. The van der Waals surface area contributed by atoms with Crippen LogP contribution >= 0.6 is 0 Å². The number of hydrogen-bond acceptors (Lipinski definition) is 4. The van der Waals surface area contributed by atoms with Gasteiger partial charge in [0.25, 0.3) is 0 Å². The molecular formula is C12H18N4O. The molecule has 0 aromatic carbocycles. The van der Waals surface area contributed by atoms with Crippen LogP contribution in [0, 0.1) is 28.6 Å². The fourth-order valence-corrected chi connectivity index (χ4v) is 1.75. The van der Waals surface area contributed by atoms with Crippen molar-refractivity contribution in [3.05, 3.63) is 0 Å². The third-order valence-corrected chi connectivity index (χ3v) is 2.98. The first-order valence-corrected chi connectivity index (χ1v) is 5.96. The molecule has 0 spiro atoms. The Balaban J connectivity index is 2.40. The van der Waals surface area contributed by atoms with Crippen LogP contribution in [0.25, 0.3) is 0 Å². The standard InChI is InChI=1S/C12H18N4O/c13-5-1-7-16(8-2-6-14)12(17)9-11(15)10-3-4-10/h10-11H,1-4,7-9,15H2. The van der Waals surface area contributed by atoms with Crippen molar-refractivity contribution in [1.82, 2.24) is 4.90 Å². The molecule has 1 aliphatic carbocycles. The summed E-state index contributed by atoms with van der Waals surface area (Å²) in [5.41, 5.74) is 5.90. The molecule has 2 N–H and O–H groups in total. The van der Waals surface area contributed by atoms with E-state index in [-0.39, 0.29) is 11.9 Å². The Bertz CT molecular complexity index is 319. The minimum atomic E-state index is -0.0610. The van der Waals surface area contributed by atoms with E-state index in [1.807, 2.05) is 12.1 Å². The molecule has 92 valence electrons. The van der Waals surface area contributed by atoms with Crippen molar-refractivity contribution in [2.24, 2.45) is 11.7 Å². The summed E-state index contributed by atoms with van der Waals surface area (Å²) in [4.78, 5) is 13.5. The van der Waals surface area contributed by atoms with Crippen LogP contribution in [0.4, 0.5) is 0 Å². The predicted molar refractivity (Wildman–Crippen MR) is 62.4 cm³/mol. The lowest BCUT2D eigenvalue weighted by Gasteiger charge is -2.22. The SMILES string of the molecule is N#CCCN(CCC#N)C(=O)CC(N)C1CC1. The Morgan fingerprint density at radius 2 is 1.82 bits per heavy atom. The molecule has 0 saturated heterocycles. The third kappa shape index (κ3) is 4.84. The first-order valence-electron chi connectivity index (χ1n) is 5.96. The topological polar surface area (TPSA) is 93.9 Å². The Labute approximate surface area is 102 Å². The number of hydrogen-bond donors (Lipinski definition) is 1. The Hall–Kier alpha value is -1.59. The minimum Gasteiger partial charge on any atom is -0.341 e. The molecule has 17 heavy (non-hydrogen) atoms. The summed E-state index contributed by atoms with van der Waals surface area (Å²) in [5.74, 6) is 0.461. The monoisotopic (exact) mass is 234 g/mol. The molecule has 1 fully saturated rings. The summed E-state index contributed by atoms with van der Waals surface area (Å²) in [5, 5.41) is 17.0. The first-order chi connectivity index (χ1) is 8.19. The summed E-state index contributed by atoms with van der Waals surface area (Å²) < 4.78 is 0. The van der Waals surface area contributed by atoms with Crippen LogP contribution < -0.4 is 5.73 Å². The molecule has 1 unspecified atom stereocenters. The zero-order chi connectivity index (χ0) is 12.7. The van der Waals surface area contributed by atoms with Crippen molar-refractivity contribution in [2.75, 3.05) is 13.1 Å². The van der Waals surface area contributed by atoms with Gasteiger partial charge in [0.2, 0.25) is 5.91 Å². The highest BCUT2D eigenvalue weighted by molar-refractivity contribution is 5.77. The van der Waals surface area contributed by atoms with Crippen molar-refractivity contribution >= 4 is 5.91 Å². The molecule has 1 atom stereocenters. The maximum absolute atomic E-state index is 11.9. The van der Waals surface area contributed by atoms with E-state index in [9.17, 15) is 4.79 Å². The lowest BCUT2D eigenvalue weighted by Crippen LogP contribution is -2.37. The van der Waals surface area contributed by atoms with E-state index in [4.69, 9.17) is 16.3 Å². The van der Waals surface area contributed by atoms with Gasteiger partial charge in [0.1, 0.15) is 0 Å². The van der Waals surface area contributed by atoms with Gasteiger partial charge in [0.05, 0.1) is 25.0 Å². The average Bonchev–Trinajstić information content (AvgIpc) is 3.12. The summed E-state index contributed by atoms with van der Waals surface area (Å²) in [6, 6.07) is 3.96. The van der Waals surface area contributed by atoms with Crippen LogP contribution in [0.5, 0.6) is 0 Å². The molecular weight excluding hydrogens is 216 g/mol. The Kier molecular flexibility index (Phi) is 5.45. The van der Waals surface area contributed by atoms with Gasteiger partial charge in [0, 0.05) is 25.6 Å². The van der Waals surface area contributed by atoms with Gasteiger partial charge in [-0.25, -0.2) is 0 Å². The third-order valence-electron chi connectivity index (χ3n) is 2.98. The van der Waals surface area contributed by atoms with E-state index in [1.54, 1.807) is 4.90 Å². The smallest absolute Gasteiger partial charge is 0.224 e. The van der Waals surface area contributed by atoms with Crippen molar-refractivity contribution in [3.63, 3.8) is 0 Å². The van der Waals surface area contributed by atoms with Crippen LogP contribution in [-0.4, -0.2) is 29.9 Å². The van der Waals surface area contributed by atoms with Gasteiger partial charge >= 0.3 is 0 Å². The van der Waals surface area contributed by atoms with Gasteiger partial charge in [-0.15, -0.1) is 0 Å². The molecule has 5 nitrogen and oxygen atoms in total. The van der Waals surface area contributed by atoms with Crippen molar-refractivity contribution in [3.8, 4) is 12.1 Å². The number of carbonyl (C=O) groups is 1.